The molecule has 2 N–H and O–H groups in total. The molecule has 0 aliphatic rings. The Morgan fingerprint density at radius 1 is 0.966 bits per heavy atom. The van der Waals surface area contributed by atoms with Gasteiger partial charge in [0.05, 0.1) is 12.9 Å². The molecule has 3 aromatic rings. The number of carbonyl (C=O) groups excluding carboxylic acids is 2. The maximum atomic E-state index is 12.5. The summed E-state index contributed by atoms with van der Waals surface area (Å²) in [5.41, 5.74) is 3.11. The van der Waals surface area contributed by atoms with E-state index in [-0.39, 0.29) is 11.8 Å². The molecular weight excluding hydrogens is 368 g/mol. The standard InChI is InChI=1S/C23H24N2O4/c1-2-22(26)25-20-9-4-8-19(13-20)23(27)24-14-17-6-3-7-18(12-17)15-28-16-21-10-5-11-29-21/h3-13H,2,14-16H2,1H3,(H,24,27)(H,25,26). The maximum Gasteiger partial charge on any atom is 0.251 e. The van der Waals surface area contributed by atoms with Crippen LogP contribution in [0.3, 0.4) is 0 Å². The molecule has 0 radical (unpaired) electrons. The van der Waals surface area contributed by atoms with Crippen molar-refractivity contribution in [2.24, 2.45) is 0 Å². The summed E-state index contributed by atoms with van der Waals surface area (Å²) in [6.45, 7) is 3.05. The molecule has 0 bridgehead atoms. The van der Waals surface area contributed by atoms with Crippen LogP contribution in [0, 0.1) is 0 Å². The summed E-state index contributed by atoms with van der Waals surface area (Å²) in [7, 11) is 0. The summed E-state index contributed by atoms with van der Waals surface area (Å²) in [5.74, 6) is 0.497. The summed E-state index contributed by atoms with van der Waals surface area (Å²) < 4.78 is 10.9. The number of nitrogens with one attached hydrogen (secondary N) is 2. The molecule has 0 saturated heterocycles. The predicted molar refractivity (Wildman–Crippen MR) is 110 cm³/mol. The van der Waals surface area contributed by atoms with E-state index in [1.165, 1.54) is 0 Å². The summed E-state index contributed by atoms with van der Waals surface area (Å²) in [6, 6.07) is 18.5. The van der Waals surface area contributed by atoms with Crippen molar-refractivity contribution in [3.05, 3.63) is 89.4 Å². The monoisotopic (exact) mass is 392 g/mol. The normalized spacial score (nSPS) is 10.5. The van der Waals surface area contributed by atoms with Crippen molar-refractivity contribution in [1.82, 2.24) is 5.32 Å². The number of anilines is 1. The van der Waals surface area contributed by atoms with E-state index < -0.39 is 0 Å². The van der Waals surface area contributed by atoms with Gasteiger partial charge in [-0.2, -0.15) is 0 Å². The molecule has 0 aliphatic heterocycles. The van der Waals surface area contributed by atoms with Gasteiger partial charge in [0.1, 0.15) is 12.4 Å². The van der Waals surface area contributed by atoms with Crippen LogP contribution in [-0.4, -0.2) is 11.8 Å². The Morgan fingerprint density at radius 2 is 1.79 bits per heavy atom. The third-order valence-corrected chi connectivity index (χ3v) is 4.27. The molecule has 29 heavy (non-hydrogen) atoms. The number of benzene rings is 2. The van der Waals surface area contributed by atoms with Crippen LogP contribution in [0.15, 0.2) is 71.3 Å². The summed E-state index contributed by atoms with van der Waals surface area (Å²) in [5, 5.41) is 5.67. The van der Waals surface area contributed by atoms with Crippen molar-refractivity contribution in [2.75, 3.05) is 5.32 Å². The van der Waals surface area contributed by atoms with E-state index in [9.17, 15) is 9.59 Å². The number of furan rings is 1. The Labute approximate surface area is 169 Å². The Morgan fingerprint density at radius 3 is 2.59 bits per heavy atom. The first kappa shape index (κ1) is 20.4. The van der Waals surface area contributed by atoms with Gasteiger partial charge in [0, 0.05) is 24.2 Å². The minimum absolute atomic E-state index is 0.0892. The van der Waals surface area contributed by atoms with Gasteiger partial charge in [0.15, 0.2) is 0 Å². The van der Waals surface area contributed by atoms with Gasteiger partial charge in [-0.3, -0.25) is 9.59 Å². The van der Waals surface area contributed by atoms with Crippen molar-refractivity contribution in [3.8, 4) is 0 Å². The Bertz CT molecular complexity index is 951. The van der Waals surface area contributed by atoms with Gasteiger partial charge >= 0.3 is 0 Å². The van der Waals surface area contributed by atoms with E-state index in [0.717, 1.165) is 16.9 Å². The highest BCUT2D eigenvalue weighted by Gasteiger charge is 2.08. The van der Waals surface area contributed by atoms with Crippen LogP contribution in [0.5, 0.6) is 0 Å². The smallest absolute Gasteiger partial charge is 0.251 e. The lowest BCUT2D eigenvalue weighted by Crippen LogP contribution is -2.23. The van der Waals surface area contributed by atoms with E-state index >= 15 is 0 Å². The molecule has 0 spiro atoms. The van der Waals surface area contributed by atoms with Crippen LogP contribution < -0.4 is 10.6 Å². The first-order valence-corrected chi connectivity index (χ1v) is 9.50. The van der Waals surface area contributed by atoms with Crippen LogP contribution in [-0.2, 0) is 29.3 Å². The molecule has 150 valence electrons. The molecule has 1 heterocycles. The molecule has 6 heteroatoms. The molecule has 2 amide bonds. The van der Waals surface area contributed by atoms with Crippen molar-refractivity contribution in [2.45, 2.75) is 33.1 Å². The van der Waals surface area contributed by atoms with Crippen LogP contribution >= 0.6 is 0 Å². The molecule has 0 fully saturated rings. The number of carbonyl (C=O) groups is 2. The van der Waals surface area contributed by atoms with Crippen LogP contribution in [0.1, 0.15) is 40.6 Å². The van der Waals surface area contributed by atoms with Crippen molar-refractivity contribution >= 4 is 17.5 Å². The van der Waals surface area contributed by atoms with Gasteiger partial charge in [-0.15, -0.1) is 0 Å². The fraction of sp³-hybridized carbons (Fsp3) is 0.217. The molecule has 0 atom stereocenters. The fourth-order valence-corrected chi connectivity index (χ4v) is 2.77. The van der Waals surface area contributed by atoms with Gasteiger partial charge in [-0.1, -0.05) is 37.3 Å². The predicted octanol–water partition coefficient (Wildman–Crippen LogP) is 4.27. The Kier molecular flexibility index (Phi) is 7.19. The van der Waals surface area contributed by atoms with E-state index in [1.54, 1.807) is 37.5 Å². The van der Waals surface area contributed by atoms with Gasteiger partial charge in [0.25, 0.3) is 5.91 Å². The highest BCUT2D eigenvalue weighted by molar-refractivity contribution is 5.97. The summed E-state index contributed by atoms with van der Waals surface area (Å²) >= 11 is 0. The van der Waals surface area contributed by atoms with Gasteiger partial charge in [-0.05, 0) is 41.5 Å². The van der Waals surface area contributed by atoms with Crippen molar-refractivity contribution < 1.29 is 18.7 Å². The molecule has 1 aromatic heterocycles. The zero-order valence-corrected chi connectivity index (χ0v) is 16.3. The second kappa shape index (κ2) is 10.2. The van der Waals surface area contributed by atoms with Crippen molar-refractivity contribution in [1.29, 1.82) is 0 Å². The Hall–Kier alpha value is -3.38. The highest BCUT2D eigenvalue weighted by Crippen LogP contribution is 2.12. The van der Waals surface area contributed by atoms with E-state index in [4.69, 9.17) is 9.15 Å². The van der Waals surface area contributed by atoms with Crippen LogP contribution in [0.4, 0.5) is 5.69 Å². The number of amides is 2. The quantitative estimate of drug-likeness (QED) is 0.570. The molecule has 0 saturated carbocycles. The average molecular weight is 392 g/mol. The first-order valence-electron chi connectivity index (χ1n) is 9.50. The molecule has 0 unspecified atom stereocenters. The summed E-state index contributed by atoms with van der Waals surface area (Å²) in [6.07, 6.45) is 2.01. The zero-order valence-electron chi connectivity index (χ0n) is 16.3. The highest BCUT2D eigenvalue weighted by atomic mass is 16.5. The van der Waals surface area contributed by atoms with Crippen LogP contribution in [0.25, 0.3) is 0 Å². The summed E-state index contributed by atoms with van der Waals surface area (Å²) in [4.78, 5) is 24.0. The molecule has 3 rings (SSSR count). The number of hydrogen-bond donors (Lipinski definition) is 2. The second-order valence-electron chi connectivity index (χ2n) is 6.56. The number of hydrogen-bond acceptors (Lipinski definition) is 4. The number of rotatable bonds is 9. The lowest BCUT2D eigenvalue weighted by atomic mass is 10.1. The average Bonchev–Trinajstić information content (AvgIpc) is 3.26. The van der Waals surface area contributed by atoms with E-state index in [1.807, 2.05) is 36.4 Å². The minimum Gasteiger partial charge on any atom is -0.467 e. The Balaban J connectivity index is 1.52. The molecule has 6 nitrogen and oxygen atoms in total. The number of ether oxygens (including phenoxy) is 1. The largest absolute Gasteiger partial charge is 0.467 e. The molecule has 2 aromatic carbocycles. The van der Waals surface area contributed by atoms with Gasteiger partial charge < -0.3 is 19.8 Å². The topological polar surface area (TPSA) is 80.6 Å². The van der Waals surface area contributed by atoms with E-state index in [0.29, 0.717) is 37.4 Å². The van der Waals surface area contributed by atoms with Gasteiger partial charge in [-0.25, -0.2) is 0 Å². The molecular formula is C23H24N2O4. The zero-order chi connectivity index (χ0) is 20.5. The first-order chi connectivity index (χ1) is 14.1. The second-order valence-corrected chi connectivity index (χ2v) is 6.56. The van der Waals surface area contributed by atoms with Gasteiger partial charge in [0.2, 0.25) is 5.91 Å². The van der Waals surface area contributed by atoms with Crippen LogP contribution in [0.2, 0.25) is 0 Å². The third kappa shape index (κ3) is 6.33. The third-order valence-electron chi connectivity index (χ3n) is 4.27. The fourth-order valence-electron chi connectivity index (χ4n) is 2.77. The lowest BCUT2D eigenvalue weighted by Gasteiger charge is -2.09. The molecule has 0 aliphatic carbocycles. The SMILES string of the molecule is CCC(=O)Nc1cccc(C(=O)NCc2cccc(COCc3ccco3)c2)c1. The lowest BCUT2D eigenvalue weighted by molar-refractivity contribution is -0.115. The minimum atomic E-state index is -0.197. The maximum absolute atomic E-state index is 12.5. The van der Waals surface area contributed by atoms with Crippen molar-refractivity contribution in [3.63, 3.8) is 0 Å². The van der Waals surface area contributed by atoms with E-state index in [2.05, 4.69) is 10.6 Å².